The van der Waals surface area contributed by atoms with Crippen molar-refractivity contribution in [1.82, 2.24) is 9.88 Å². The first-order valence-corrected chi connectivity index (χ1v) is 11.7. The van der Waals surface area contributed by atoms with Crippen LogP contribution in [0.2, 0.25) is 5.02 Å². The summed E-state index contributed by atoms with van der Waals surface area (Å²) in [4.78, 5) is 20.2. The number of halogens is 1. The van der Waals surface area contributed by atoms with E-state index in [2.05, 4.69) is 22.5 Å². The van der Waals surface area contributed by atoms with Crippen LogP contribution >= 0.6 is 11.6 Å². The molecule has 170 valence electrons. The highest BCUT2D eigenvalue weighted by atomic mass is 35.5. The number of carbonyl (C=O) groups excluding carboxylic acids is 1. The molecule has 2 aromatic carbocycles. The van der Waals surface area contributed by atoms with Gasteiger partial charge in [-0.3, -0.25) is 9.88 Å². The molecule has 3 aromatic rings. The Hall–Kier alpha value is -2.89. The zero-order valence-corrected chi connectivity index (χ0v) is 19.4. The summed E-state index contributed by atoms with van der Waals surface area (Å²) in [5.74, 6) is 1.43. The first-order chi connectivity index (χ1) is 16.1. The lowest BCUT2D eigenvalue weighted by molar-refractivity contribution is -0.0568. The Balaban J connectivity index is 1.56. The smallest absolute Gasteiger partial charge is 0.338 e. The third kappa shape index (κ3) is 4.23. The van der Waals surface area contributed by atoms with Gasteiger partial charge in [0.25, 0.3) is 0 Å². The third-order valence-corrected chi connectivity index (χ3v) is 7.36. The van der Waals surface area contributed by atoms with Crippen LogP contribution in [0.25, 0.3) is 10.9 Å². The quantitative estimate of drug-likeness (QED) is 0.348. The highest BCUT2D eigenvalue weighted by Gasteiger charge is 2.44. The van der Waals surface area contributed by atoms with Crippen LogP contribution in [0, 0.1) is 11.8 Å². The number of carbonyl (C=O) groups is 1. The molecule has 0 amide bonds. The molecule has 4 heterocycles. The summed E-state index contributed by atoms with van der Waals surface area (Å²) in [5.41, 5.74) is 2.29. The van der Waals surface area contributed by atoms with Crippen molar-refractivity contribution in [2.45, 2.75) is 25.0 Å². The van der Waals surface area contributed by atoms with Crippen LogP contribution in [0.4, 0.5) is 0 Å². The van der Waals surface area contributed by atoms with Gasteiger partial charge in [0, 0.05) is 28.7 Å². The van der Waals surface area contributed by atoms with Gasteiger partial charge >= 0.3 is 5.97 Å². The summed E-state index contributed by atoms with van der Waals surface area (Å²) in [6, 6.07) is 14.7. The molecule has 3 saturated heterocycles. The van der Waals surface area contributed by atoms with Gasteiger partial charge in [0.1, 0.15) is 11.9 Å². The Morgan fingerprint density at radius 1 is 1.24 bits per heavy atom. The second kappa shape index (κ2) is 9.16. The highest BCUT2D eigenvalue weighted by Crippen LogP contribution is 2.44. The van der Waals surface area contributed by atoms with E-state index in [9.17, 15) is 4.79 Å². The van der Waals surface area contributed by atoms with Crippen LogP contribution in [-0.2, 0) is 4.74 Å². The largest absolute Gasteiger partial charge is 0.497 e. The maximum absolute atomic E-state index is 13.2. The number of rotatable bonds is 6. The lowest BCUT2D eigenvalue weighted by Gasteiger charge is -2.51. The number of hydrogen-bond acceptors (Lipinski definition) is 5. The monoisotopic (exact) mass is 462 g/mol. The predicted octanol–water partition coefficient (Wildman–Crippen LogP) is 5.69. The molecule has 0 radical (unpaired) electrons. The molecule has 0 N–H and O–H groups in total. The summed E-state index contributed by atoms with van der Waals surface area (Å²) >= 11 is 6.02. The molecule has 5 atom stereocenters. The van der Waals surface area contributed by atoms with Crippen molar-refractivity contribution >= 4 is 28.5 Å². The minimum absolute atomic E-state index is 0.0907. The summed E-state index contributed by atoms with van der Waals surface area (Å²) in [5, 5.41) is 1.52. The molecule has 5 nitrogen and oxygen atoms in total. The molecular weight excluding hydrogens is 436 g/mol. The van der Waals surface area contributed by atoms with Gasteiger partial charge in [-0.15, -0.1) is 6.58 Å². The third-order valence-electron chi connectivity index (χ3n) is 7.11. The van der Waals surface area contributed by atoms with E-state index in [-0.39, 0.29) is 12.0 Å². The molecular formula is C27H27ClN2O3. The summed E-state index contributed by atoms with van der Waals surface area (Å²) in [6.07, 6.45) is 5.54. The molecule has 3 fully saturated rings. The molecule has 6 heteroatoms. The summed E-state index contributed by atoms with van der Waals surface area (Å²) in [6.45, 7) is 5.99. The number of fused-ring (bicyclic) bond motifs is 4. The fourth-order valence-electron chi connectivity index (χ4n) is 5.33. The predicted molar refractivity (Wildman–Crippen MR) is 130 cm³/mol. The Morgan fingerprint density at radius 2 is 2.06 bits per heavy atom. The van der Waals surface area contributed by atoms with Crippen LogP contribution < -0.4 is 4.74 Å². The van der Waals surface area contributed by atoms with Gasteiger partial charge in [-0.1, -0.05) is 17.7 Å². The van der Waals surface area contributed by atoms with Gasteiger partial charge < -0.3 is 9.47 Å². The molecule has 33 heavy (non-hydrogen) atoms. The Morgan fingerprint density at radius 3 is 2.76 bits per heavy atom. The van der Waals surface area contributed by atoms with Crippen molar-refractivity contribution in [1.29, 1.82) is 0 Å². The zero-order valence-electron chi connectivity index (χ0n) is 18.6. The van der Waals surface area contributed by atoms with Crippen LogP contribution in [0.1, 0.15) is 34.9 Å². The average molecular weight is 463 g/mol. The molecule has 3 aliphatic rings. The number of piperidine rings is 3. The van der Waals surface area contributed by atoms with E-state index >= 15 is 0 Å². The number of pyridine rings is 1. The van der Waals surface area contributed by atoms with Crippen molar-refractivity contribution in [3.63, 3.8) is 0 Å². The van der Waals surface area contributed by atoms with Gasteiger partial charge in [0.05, 0.1) is 24.2 Å². The van der Waals surface area contributed by atoms with Gasteiger partial charge in [-0.2, -0.15) is 0 Å². The molecule has 2 bridgehead atoms. The Labute approximate surface area is 199 Å². The van der Waals surface area contributed by atoms with Crippen molar-refractivity contribution in [3.8, 4) is 5.75 Å². The van der Waals surface area contributed by atoms with Gasteiger partial charge in [0.2, 0.25) is 0 Å². The van der Waals surface area contributed by atoms with Crippen LogP contribution in [0.5, 0.6) is 5.75 Å². The normalized spacial score (nSPS) is 24.9. The Bertz CT molecular complexity index is 1180. The van der Waals surface area contributed by atoms with Gasteiger partial charge in [0.15, 0.2) is 0 Å². The zero-order chi connectivity index (χ0) is 22.9. The van der Waals surface area contributed by atoms with E-state index in [1.54, 1.807) is 37.6 Å². The standard InChI is InChI=1S/C27H27ClN2O3/c1-3-17-16-30-13-11-19(17)14-25(30)26(33-27(31)18-4-6-20(28)7-5-18)22-10-12-29-24-9-8-21(32-2)15-23(22)24/h3-10,12,15,17,19,25-26H,1,11,13-14,16H2,2H3/t17-,19-,25-,26+/m0/s1. The first kappa shape index (κ1) is 21.9. The molecule has 0 spiro atoms. The van der Waals surface area contributed by atoms with Gasteiger partial charge in [-0.25, -0.2) is 4.79 Å². The minimum Gasteiger partial charge on any atom is -0.497 e. The number of hydrogen-bond donors (Lipinski definition) is 0. The SMILES string of the molecule is C=C[C@H]1CN2CC[C@H]1C[C@H]2[C@H](OC(=O)c1ccc(Cl)cc1)c1ccnc2ccc(OC)cc12. The maximum Gasteiger partial charge on any atom is 0.338 e. The fourth-order valence-corrected chi connectivity index (χ4v) is 5.46. The first-order valence-electron chi connectivity index (χ1n) is 11.3. The fraction of sp³-hybridized carbons (Fsp3) is 0.333. The number of aromatic nitrogens is 1. The lowest BCUT2D eigenvalue weighted by Crippen LogP contribution is -2.55. The van der Waals surface area contributed by atoms with Crippen LogP contribution in [0.3, 0.4) is 0 Å². The van der Waals surface area contributed by atoms with E-state index in [0.29, 0.717) is 22.4 Å². The van der Waals surface area contributed by atoms with Crippen LogP contribution in [-0.4, -0.2) is 42.1 Å². The van der Waals surface area contributed by atoms with E-state index in [1.807, 2.05) is 24.3 Å². The van der Waals surface area contributed by atoms with Crippen molar-refractivity contribution in [3.05, 3.63) is 83.5 Å². The number of ether oxygens (including phenoxy) is 2. The summed E-state index contributed by atoms with van der Waals surface area (Å²) < 4.78 is 11.8. The van der Waals surface area contributed by atoms with Crippen LogP contribution in [0.15, 0.2) is 67.4 Å². The van der Waals surface area contributed by atoms with E-state index in [4.69, 9.17) is 21.1 Å². The van der Waals surface area contributed by atoms with E-state index in [0.717, 1.165) is 48.1 Å². The van der Waals surface area contributed by atoms with Gasteiger partial charge in [-0.05, 0) is 79.8 Å². The van der Waals surface area contributed by atoms with E-state index < -0.39 is 6.10 Å². The Kier molecular flexibility index (Phi) is 6.09. The number of esters is 1. The lowest BCUT2D eigenvalue weighted by atomic mass is 9.73. The number of benzene rings is 2. The number of methoxy groups -OCH3 is 1. The van der Waals surface area contributed by atoms with Crippen molar-refractivity contribution in [2.24, 2.45) is 11.8 Å². The molecule has 1 aromatic heterocycles. The topological polar surface area (TPSA) is 51.7 Å². The molecule has 0 aliphatic carbocycles. The van der Waals surface area contributed by atoms with Crippen molar-refractivity contribution < 1.29 is 14.3 Å². The maximum atomic E-state index is 13.2. The second-order valence-electron chi connectivity index (χ2n) is 8.86. The molecule has 1 unspecified atom stereocenters. The molecule has 0 saturated carbocycles. The average Bonchev–Trinajstić information content (AvgIpc) is 2.87. The summed E-state index contributed by atoms with van der Waals surface area (Å²) in [7, 11) is 1.65. The minimum atomic E-state index is -0.431. The second-order valence-corrected chi connectivity index (χ2v) is 9.30. The van der Waals surface area contributed by atoms with Crippen molar-refractivity contribution in [2.75, 3.05) is 20.2 Å². The number of nitrogens with zero attached hydrogens (tertiary/aromatic N) is 2. The highest BCUT2D eigenvalue weighted by molar-refractivity contribution is 6.30. The molecule has 6 rings (SSSR count). The molecule has 3 aliphatic heterocycles. The van der Waals surface area contributed by atoms with E-state index in [1.165, 1.54) is 0 Å².